The average Bonchev–Trinajstić information content (AvgIpc) is 3.13. The first-order chi connectivity index (χ1) is 14.0. The van der Waals surface area contributed by atoms with Gasteiger partial charge in [-0.3, -0.25) is 4.79 Å². The molecule has 4 rings (SSSR count). The van der Waals surface area contributed by atoms with Crippen LogP contribution in [-0.2, 0) is 0 Å². The monoisotopic (exact) mass is 409 g/mol. The zero-order valence-electron chi connectivity index (χ0n) is 15.6. The molecule has 2 heterocycles. The van der Waals surface area contributed by atoms with Gasteiger partial charge < -0.3 is 9.84 Å². The lowest BCUT2D eigenvalue weighted by Crippen LogP contribution is -2.20. The summed E-state index contributed by atoms with van der Waals surface area (Å²) in [4.78, 5) is 17.4. The molecule has 0 spiro atoms. The Balaban J connectivity index is 1.77. The molecule has 9 heteroatoms. The highest BCUT2D eigenvalue weighted by Crippen LogP contribution is 2.25. The summed E-state index contributed by atoms with van der Waals surface area (Å²) < 4.78 is 7.87. The zero-order chi connectivity index (χ0) is 20.5. The number of ether oxygens (including phenoxy) is 1. The Morgan fingerprint density at radius 3 is 2.69 bits per heavy atom. The fourth-order valence-corrected chi connectivity index (χ4v) is 2.99. The van der Waals surface area contributed by atoms with E-state index in [0.717, 1.165) is 5.69 Å². The van der Waals surface area contributed by atoms with Crippen molar-refractivity contribution in [1.29, 1.82) is 0 Å². The Kier molecular flexibility index (Phi) is 4.77. The van der Waals surface area contributed by atoms with Crippen LogP contribution >= 0.6 is 11.6 Å². The predicted molar refractivity (Wildman–Crippen MR) is 111 cm³/mol. The van der Waals surface area contributed by atoms with Gasteiger partial charge in [-0.2, -0.15) is 14.9 Å². The van der Waals surface area contributed by atoms with Gasteiger partial charge in [0, 0.05) is 5.02 Å². The maximum Gasteiger partial charge on any atom is 0.285 e. The molecule has 0 atom stereocenters. The van der Waals surface area contributed by atoms with Gasteiger partial charge in [0.15, 0.2) is 17.1 Å². The second-order valence-electron chi connectivity index (χ2n) is 6.22. The molecule has 0 saturated heterocycles. The van der Waals surface area contributed by atoms with Gasteiger partial charge in [0.1, 0.15) is 11.2 Å². The van der Waals surface area contributed by atoms with Crippen LogP contribution in [0.4, 0.5) is 0 Å². The molecule has 4 aromatic rings. The number of fused-ring (bicyclic) bond motifs is 1. The minimum absolute atomic E-state index is 0.0238. The third-order valence-electron chi connectivity index (χ3n) is 4.34. The number of aromatic nitrogens is 4. The number of hydrogen-bond donors (Lipinski definition) is 1. The number of phenols is 1. The number of rotatable bonds is 4. The van der Waals surface area contributed by atoms with E-state index in [1.807, 2.05) is 0 Å². The highest BCUT2D eigenvalue weighted by atomic mass is 35.5. The molecule has 29 heavy (non-hydrogen) atoms. The molecular weight excluding hydrogens is 394 g/mol. The molecule has 0 aliphatic carbocycles. The first-order valence-electron chi connectivity index (χ1n) is 8.62. The van der Waals surface area contributed by atoms with Crippen molar-refractivity contribution >= 4 is 28.8 Å². The molecular formula is C20H16ClN5O3. The largest absolute Gasteiger partial charge is 0.504 e. The number of halogens is 1. The van der Waals surface area contributed by atoms with Crippen LogP contribution in [0.3, 0.4) is 0 Å². The molecule has 0 aliphatic heterocycles. The standard InChI is InChI=1S/C20H16ClN5O3/c1-12-24-19-16(11-23-26(19)15-6-4-14(21)5-7-15)20(28)25(12)22-10-13-3-8-17(27)18(9-13)29-2/h3-11,27H,1-2H3/b22-10+. The Morgan fingerprint density at radius 1 is 1.21 bits per heavy atom. The van der Waals surface area contributed by atoms with Crippen molar-refractivity contribution in [2.24, 2.45) is 5.10 Å². The van der Waals surface area contributed by atoms with Gasteiger partial charge in [-0.15, -0.1) is 0 Å². The average molecular weight is 410 g/mol. The molecule has 0 fully saturated rings. The van der Waals surface area contributed by atoms with Gasteiger partial charge in [0.05, 0.1) is 25.2 Å². The van der Waals surface area contributed by atoms with Crippen LogP contribution in [0.15, 0.2) is 58.6 Å². The van der Waals surface area contributed by atoms with Crippen molar-refractivity contribution in [3.8, 4) is 17.2 Å². The van der Waals surface area contributed by atoms with Gasteiger partial charge >= 0.3 is 0 Å². The molecule has 2 aromatic carbocycles. The first-order valence-corrected chi connectivity index (χ1v) is 9.00. The van der Waals surface area contributed by atoms with Crippen molar-refractivity contribution in [2.45, 2.75) is 6.92 Å². The van der Waals surface area contributed by atoms with Crippen LogP contribution in [0.1, 0.15) is 11.4 Å². The number of methoxy groups -OCH3 is 1. The van der Waals surface area contributed by atoms with E-state index < -0.39 is 0 Å². The Bertz CT molecular complexity index is 1290. The summed E-state index contributed by atoms with van der Waals surface area (Å²) in [6, 6.07) is 11.9. The van der Waals surface area contributed by atoms with Gasteiger partial charge in [-0.05, 0) is 55.0 Å². The molecule has 0 unspecified atom stereocenters. The van der Waals surface area contributed by atoms with Gasteiger partial charge in [-0.1, -0.05) is 11.6 Å². The van der Waals surface area contributed by atoms with Gasteiger partial charge in [0.25, 0.3) is 5.56 Å². The second-order valence-corrected chi connectivity index (χ2v) is 6.66. The molecule has 2 aromatic heterocycles. The fourth-order valence-electron chi connectivity index (χ4n) is 2.87. The normalized spacial score (nSPS) is 11.4. The third kappa shape index (κ3) is 3.45. The molecule has 0 saturated carbocycles. The Labute approximate surface area is 170 Å². The lowest BCUT2D eigenvalue weighted by molar-refractivity contribution is 0.373. The number of phenolic OH excluding ortho intramolecular Hbond substituents is 1. The SMILES string of the molecule is COc1cc(/C=N/n2c(C)nc3c(cnn3-c3ccc(Cl)cc3)c2=O)ccc1O. The second kappa shape index (κ2) is 7.40. The molecule has 0 amide bonds. The summed E-state index contributed by atoms with van der Waals surface area (Å²) in [5, 5.41) is 19.2. The maximum atomic E-state index is 12.9. The van der Waals surface area contributed by atoms with E-state index in [-0.39, 0.29) is 11.3 Å². The summed E-state index contributed by atoms with van der Waals surface area (Å²) >= 11 is 5.94. The molecule has 0 radical (unpaired) electrons. The zero-order valence-corrected chi connectivity index (χ0v) is 16.3. The minimum Gasteiger partial charge on any atom is -0.504 e. The summed E-state index contributed by atoms with van der Waals surface area (Å²) in [5.41, 5.74) is 1.50. The number of nitrogens with zero attached hydrogens (tertiary/aromatic N) is 5. The van der Waals surface area contributed by atoms with Gasteiger partial charge in [-0.25, -0.2) is 9.67 Å². The topological polar surface area (TPSA) is 94.5 Å². The number of benzene rings is 2. The van der Waals surface area contributed by atoms with Gasteiger partial charge in [0.2, 0.25) is 0 Å². The number of aromatic hydroxyl groups is 1. The Morgan fingerprint density at radius 2 is 1.97 bits per heavy atom. The number of aryl methyl sites for hydroxylation is 1. The van der Waals surface area contributed by atoms with E-state index in [9.17, 15) is 9.90 Å². The summed E-state index contributed by atoms with van der Waals surface area (Å²) in [6.07, 6.45) is 2.96. The smallest absolute Gasteiger partial charge is 0.285 e. The van der Waals surface area contributed by atoms with Crippen molar-refractivity contribution in [1.82, 2.24) is 19.4 Å². The van der Waals surface area contributed by atoms with Crippen molar-refractivity contribution in [2.75, 3.05) is 7.11 Å². The highest BCUT2D eigenvalue weighted by Gasteiger charge is 2.14. The molecule has 1 N–H and O–H groups in total. The first kappa shape index (κ1) is 18.7. The molecule has 146 valence electrons. The Hall–Kier alpha value is -3.65. The minimum atomic E-state index is -0.338. The van der Waals surface area contributed by atoms with Crippen LogP contribution in [0.2, 0.25) is 5.02 Å². The van der Waals surface area contributed by atoms with Crippen LogP contribution < -0.4 is 10.3 Å². The van der Waals surface area contributed by atoms with E-state index in [4.69, 9.17) is 16.3 Å². The van der Waals surface area contributed by atoms with Crippen molar-refractivity contribution < 1.29 is 9.84 Å². The molecule has 0 aliphatic rings. The van der Waals surface area contributed by atoms with Crippen LogP contribution in [-0.4, -0.2) is 37.9 Å². The van der Waals surface area contributed by atoms with E-state index in [2.05, 4.69) is 15.2 Å². The van der Waals surface area contributed by atoms with E-state index in [1.165, 1.54) is 30.3 Å². The summed E-state index contributed by atoms with van der Waals surface area (Å²) in [5.74, 6) is 0.742. The maximum absolute atomic E-state index is 12.9. The lowest BCUT2D eigenvalue weighted by atomic mass is 10.2. The molecule has 0 bridgehead atoms. The van der Waals surface area contributed by atoms with Crippen LogP contribution in [0.5, 0.6) is 11.5 Å². The summed E-state index contributed by atoms with van der Waals surface area (Å²) in [7, 11) is 1.46. The lowest BCUT2D eigenvalue weighted by Gasteiger charge is -2.06. The predicted octanol–water partition coefficient (Wildman–Crippen LogP) is 3.14. The highest BCUT2D eigenvalue weighted by molar-refractivity contribution is 6.30. The van der Waals surface area contributed by atoms with E-state index in [0.29, 0.717) is 33.2 Å². The third-order valence-corrected chi connectivity index (χ3v) is 4.59. The fraction of sp³-hybridized carbons (Fsp3) is 0.100. The van der Waals surface area contributed by atoms with E-state index >= 15 is 0 Å². The number of hydrogen-bond acceptors (Lipinski definition) is 6. The van der Waals surface area contributed by atoms with E-state index in [1.54, 1.807) is 48.0 Å². The van der Waals surface area contributed by atoms with Crippen LogP contribution in [0.25, 0.3) is 16.7 Å². The summed E-state index contributed by atoms with van der Waals surface area (Å²) in [6.45, 7) is 1.69. The molecule has 8 nitrogen and oxygen atoms in total. The van der Waals surface area contributed by atoms with Crippen LogP contribution in [0, 0.1) is 6.92 Å². The quantitative estimate of drug-likeness (QED) is 0.522. The van der Waals surface area contributed by atoms with Crippen molar-refractivity contribution in [3.05, 3.63) is 75.4 Å². The van der Waals surface area contributed by atoms with Crippen molar-refractivity contribution in [3.63, 3.8) is 0 Å².